The number of amides is 4. The molecule has 2 heterocycles. The van der Waals surface area contributed by atoms with Gasteiger partial charge in [-0.3, -0.25) is 14.5 Å². The lowest BCUT2D eigenvalue weighted by molar-refractivity contribution is -0.138. The van der Waals surface area contributed by atoms with Crippen molar-refractivity contribution in [2.75, 3.05) is 27.3 Å². The number of imide groups is 1. The Labute approximate surface area is 164 Å². The Balaban J connectivity index is 1.65. The van der Waals surface area contributed by atoms with Gasteiger partial charge in [-0.05, 0) is 32.8 Å². The number of nitrogens with one attached hydrogen (secondary N) is 1. The Morgan fingerprint density at radius 1 is 1.18 bits per heavy atom. The van der Waals surface area contributed by atoms with E-state index in [0.29, 0.717) is 37.4 Å². The lowest BCUT2D eigenvalue weighted by Crippen LogP contribution is -2.56. The third-order valence-corrected chi connectivity index (χ3v) is 5.52. The summed E-state index contributed by atoms with van der Waals surface area (Å²) in [5.41, 5.74) is -0.0968. The van der Waals surface area contributed by atoms with Crippen LogP contribution in [0.1, 0.15) is 32.3 Å². The minimum Gasteiger partial charge on any atom is -0.497 e. The van der Waals surface area contributed by atoms with Crippen molar-refractivity contribution in [3.63, 3.8) is 0 Å². The number of hydrogen-bond donors (Lipinski definition) is 1. The number of rotatable bonds is 5. The maximum Gasteiger partial charge on any atom is 0.325 e. The molecule has 1 N–H and O–H groups in total. The van der Waals surface area contributed by atoms with E-state index >= 15 is 0 Å². The first-order valence-corrected chi connectivity index (χ1v) is 9.46. The van der Waals surface area contributed by atoms with Crippen molar-refractivity contribution in [2.45, 2.75) is 44.7 Å². The third kappa shape index (κ3) is 3.50. The molecule has 2 fully saturated rings. The zero-order valence-corrected chi connectivity index (χ0v) is 16.8. The summed E-state index contributed by atoms with van der Waals surface area (Å²) in [5, 5.41) is 2.86. The molecule has 1 spiro atoms. The van der Waals surface area contributed by atoms with Crippen LogP contribution in [-0.2, 0) is 16.0 Å². The van der Waals surface area contributed by atoms with Crippen LogP contribution in [0.15, 0.2) is 18.2 Å². The highest BCUT2D eigenvalue weighted by Gasteiger charge is 2.53. The highest BCUT2D eigenvalue weighted by atomic mass is 16.5. The quantitative estimate of drug-likeness (QED) is 0.773. The Kier molecular flexibility index (Phi) is 5.49. The summed E-state index contributed by atoms with van der Waals surface area (Å²) in [6.45, 7) is 4.49. The highest BCUT2D eigenvalue weighted by molar-refractivity contribution is 6.07. The predicted molar refractivity (Wildman–Crippen MR) is 102 cm³/mol. The van der Waals surface area contributed by atoms with Crippen LogP contribution in [0, 0.1) is 0 Å². The van der Waals surface area contributed by atoms with Gasteiger partial charge in [0.05, 0.1) is 20.6 Å². The molecule has 8 nitrogen and oxygen atoms in total. The number of piperidine rings is 1. The number of methoxy groups -OCH3 is 2. The monoisotopic (exact) mass is 389 g/mol. The molecular weight excluding hydrogens is 362 g/mol. The summed E-state index contributed by atoms with van der Waals surface area (Å²) < 4.78 is 10.5. The number of likely N-dealkylation sites (tertiary alicyclic amines) is 1. The first-order valence-electron chi connectivity index (χ1n) is 9.46. The number of urea groups is 1. The highest BCUT2D eigenvalue weighted by Crippen LogP contribution is 2.31. The molecule has 2 saturated heterocycles. The van der Waals surface area contributed by atoms with Crippen molar-refractivity contribution in [1.82, 2.24) is 15.1 Å². The molecule has 2 aliphatic rings. The fourth-order valence-corrected chi connectivity index (χ4v) is 3.86. The minimum absolute atomic E-state index is 0.0317. The van der Waals surface area contributed by atoms with Gasteiger partial charge in [-0.15, -0.1) is 0 Å². The molecule has 3 rings (SSSR count). The van der Waals surface area contributed by atoms with Gasteiger partial charge in [0.2, 0.25) is 5.91 Å². The second kappa shape index (κ2) is 7.69. The number of ether oxygens (including phenoxy) is 2. The molecule has 152 valence electrons. The van der Waals surface area contributed by atoms with Gasteiger partial charge in [-0.2, -0.15) is 0 Å². The molecule has 0 aliphatic carbocycles. The van der Waals surface area contributed by atoms with Gasteiger partial charge in [0, 0.05) is 30.8 Å². The fourth-order valence-electron chi connectivity index (χ4n) is 3.86. The normalized spacial score (nSPS) is 18.6. The average Bonchev–Trinajstić information content (AvgIpc) is 2.92. The molecule has 0 bridgehead atoms. The summed E-state index contributed by atoms with van der Waals surface area (Å²) in [6, 6.07) is 4.84. The van der Waals surface area contributed by atoms with Crippen LogP contribution < -0.4 is 14.8 Å². The molecule has 4 amide bonds. The van der Waals surface area contributed by atoms with E-state index in [1.807, 2.05) is 19.9 Å². The summed E-state index contributed by atoms with van der Waals surface area (Å²) >= 11 is 0. The van der Waals surface area contributed by atoms with Crippen molar-refractivity contribution < 1.29 is 23.9 Å². The van der Waals surface area contributed by atoms with Crippen molar-refractivity contribution in [3.8, 4) is 11.5 Å². The van der Waals surface area contributed by atoms with E-state index < -0.39 is 5.54 Å². The van der Waals surface area contributed by atoms with Crippen LogP contribution in [0.2, 0.25) is 0 Å². The van der Waals surface area contributed by atoms with Gasteiger partial charge in [0.15, 0.2) is 0 Å². The van der Waals surface area contributed by atoms with Gasteiger partial charge in [0.25, 0.3) is 5.91 Å². The third-order valence-electron chi connectivity index (χ3n) is 5.52. The fraction of sp³-hybridized carbons (Fsp3) is 0.550. The molecule has 0 radical (unpaired) electrons. The lowest BCUT2D eigenvalue weighted by Gasteiger charge is -2.37. The van der Waals surface area contributed by atoms with Crippen LogP contribution >= 0.6 is 0 Å². The van der Waals surface area contributed by atoms with Gasteiger partial charge < -0.3 is 19.7 Å². The number of benzene rings is 1. The Hall–Kier alpha value is -2.77. The van der Waals surface area contributed by atoms with Crippen molar-refractivity contribution >= 4 is 17.8 Å². The SMILES string of the molecule is COc1ccc(CC(=O)N2CCC3(CC2)NC(=O)N(C(C)C)C3=O)c(OC)c1. The number of nitrogens with zero attached hydrogens (tertiary/aromatic N) is 2. The molecule has 28 heavy (non-hydrogen) atoms. The minimum atomic E-state index is -0.879. The molecule has 0 atom stereocenters. The van der Waals surface area contributed by atoms with Gasteiger partial charge in [-0.25, -0.2) is 4.79 Å². The second-order valence-corrected chi connectivity index (χ2v) is 7.52. The van der Waals surface area contributed by atoms with E-state index in [0.717, 1.165) is 5.56 Å². The van der Waals surface area contributed by atoms with Crippen LogP contribution in [-0.4, -0.2) is 66.5 Å². The largest absolute Gasteiger partial charge is 0.497 e. The van der Waals surface area contributed by atoms with Gasteiger partial charge in [-0.1, -0.05) is 6.07 Å². The Morgan fingerprint density at radius 2 is 1.86 bits per heavy atom. The Bertz CT molecular complexity index is 784. The summed E-state index contributed by atoms with van der Waals surface area (Å²) in [6.07, 6.45) is 1.05. The van der Waals surface area contributed by atoms with E-state index in [1.54, 1.807) is 31.3 Å². The summed E-state index contributed by atoms with van der Waals surface area (Å²) in [5.74, 6) is 1.05. The van der Waals surface area contributed by atoms with Crippen molar-refractivity contribution in [3.05, 3.63) is 23.8 Å². The van der Waals surface area contributed by atoms with Crippen LogP contribution in [0.3, 0.4) is 0 Å². The van der Waals surface area contributed by atoms with Crippen LogP contribution in [0.25, 0.3) is 0 Å². The predicted octanol–water partition coefficient (Wildman–Crippen LogP) is 1.57. The number of hydrogen-bond acceptors (Lipinski definition) is 5. The van der Waals surface area contributed by atoms with E-state index in [9.17, 15) is 14.4 Å². The van der Waals surface area contributed by atoms with Gasteiger partial charge >= 0.3 is 6.03 Å². The summed E-state index contributed by atoms with van der Waals surface area (Å²) in [7, 11) is 3.13. The first kappa shape index (κ1) is 20.0. The van der Waals surface area contributed by atoms with E-state index in [4.69, 9.17) is 9.47 Å². The standard InChI is InChI=1S/C20H27N3O5/c1-13(2)23-18(25)20(21-19(23)26)7-9-22(10-8-20)17(24)11-14-5-6-15(27-3)12-16(14)28-4/h5-6,12-13H,7-11H2,1-4H3,(H,21,26). The van der Waals surface area contributed by atoms with Crippen LogP contribution in [0.5, 0.6) is 11.5 Å². The topological polar surface area (TPSA) is 88.2 Å². The first-order chi connectivity index (χ1) is 13.3. The number of carbonyl (C=O) groups is 3. The molecule has 0 aromatic heterocycles. The second-order valence-electron chi connectivity index (χ2n) is 7.52. The average molecular weight is 389 g/mol. The maximum atomic E-state index is 12.8. The van der Waals surface area contributed by atoms with E-state index in [-0.39, 0.29) is 30.3 Å². The van der Waals surface area contributed by atoms with E-state index in [1.165, 1.54) is 4.90 Å². The van der Waals surface area contributed by atoms with Crippen molar-refractivity contribution in [2.24, 2.45) is 0 Å². The zero-order valence-electron chi connectivity index (χ0n) is 16.8. The smallest absolute Gasteiger partial charge is 0.325 e. The lowest BCUT2D eigenvalue weighted by atomic mass is 9.87. The summed E-state index contributed by atoms with van der Waals surface area (Å²) in [4.78, 5) is 40.7. The Morgan fingerprint density at radius 3 is 2.39 bits per heavy atom. The van der Waals surface area contributed by atoms with Crippen molar-refractivity contribution in [1.29, 1.82) is 0 Å². The molecule has 1 aromatic rings. The molecule has 8 heteroatoms. The van der Waals surface area contributed by atoms with Gasteiger partial charge in [0.1, 0.15) is 17.0 Å². The molecule has 1 aromatic carbocycles. The van der Waals surface area contributed by atoms with E-state index in [2.05, 4.69) is 5.32 Å². The molecule has 0 saturated carbocycles. The molecule has 2 aliphatic heterocycles. The molecule has 0 unspecified atom stereocenters. The zero-order chi connectivity index (χ0) is 20.5. The number of carbonyl (C=O) groups excluding carboxylic acids is 3. The van der Waals surface area contributed by atoms with Crippen LogP contribution in [0.4, 0.5) is 4.79 Å². The molecular formula is C20H27N3O5. The maximum absolute atomic E-state index is 12.8.